The highest BCUT2D eigenvalue weighted by Gasteiger charge is 2.33. The van der Waals surface area contributed by atoms with Crippen LogP contribution in [0.3, 0.4) is 0 Å². The Morgan fingerprint density at radius 1 is 1.05 bits per heavy atom. The van der Waals surface area contributed by atoms with Gasteiger partial charge in [-0.05, 0) is 13.1 Å². The molecule has 220 valence electrons. The molecule has 3 N–H and O–H groups in total. The highest BCUT2D eigenvalue weighted by molar-refractivity contribution is 7.15. The number of hydrogen-bond donors (Lipinski definition) is 2. The van der Waals surface area contributed by atoms with Gasteiger partial charge in [-0.25, -0.2) is 4.98 Å². The van der Waals surface area contributed by atoms with Crippen molar-refractivity contribution in [1.82, 2.24) is 19.4 Å². The molecule has 13 heteroatoms. The number of halogens is 3. The summed E-state index contributed by atoms with van der Waals surface area (Å²) < 4.78 is 59.6. The second kappa shape index (κ2) is 12.2. The van der Waals surface area contributed by atoms with Crippen molar-refractivity contribution in [3.8, 4) is 22.2 Å². The van der Waals surface area contributed by atoms with Crippen LogP contribution in [0.1, 0.15) is 22.2 Å². The number of fused-ring (bicyclic) bond motifs is 1. The molecular weight excluding hydrogens is 559 g/mol. The largest absolute Gasteiger partial charge is 0.493 e. The van der Waals surface area contributed by atoms with Crippen molar-refractivity contribution in [1.29, 1.82) is 0 Å². The maximum atomic E-state index is 13.4. The fraction of sp³-hybridized carbons (Fsp3) is 0.393. The first kappa shape index (κ1) is 29.1. The molecule has 1 aliphatic rings. The highest BCUT2D eigenvalue weighted by Crippen LogP contribution is 2.39. The molecule has 0 spiro atoms. The smallest absolute Gasteiger partial charge is 0.416 e. The van der Waals surface area contributed by atoms with Crippen molar-refractivity contribution in [3.63, 3.8) is 0 Å². The number of nitrogens with two attached hydrogens (primary N) is 1. The van der Waals surface area contributed by atoms with Crippen LogP contribution in [0.5, 0.6) is 17.2 Å². The summed E-state index contributed by atoms with van der Waals surface area (Å²) in [6, 6.07) is 10.5. The summed E-state index contributed by atoms with van der Waals surface area (Å²) in [5, 5.41) is 10.8. The lowest BCUT2D eigenvalue weighted by Crippen LogP contribution is -2.45. The maximum Gasteiger partial charge on any atom is 0.416 e. The zero-order chi connectivity index (χ0) is 29.1. The molecule has 5 rings (SSSR count). The van der Waals surface area contributed by atoms with Crippen molar-refractivity contribution in [3.05, 3.63) is 64.8 Å². The Labute approximate surface area is 239 Å². The third kappa shape index (κ3) is 6.60. The Bertz CT molecular complexity index is 1480. The second-order valence-electron chi connectivity index (χ2n) is 9.80. The number of piperazine rings is 1. The summed E-state index contributed by atoms with van der Waals surface area (Å²) >= 11 is 1.16. The summed E-state index contributed by atoms with van der Waals surface area (Å²) in [6.45, 7) is 4.95. The van der Waals surface area contributed by atoms with E-state index in [1.807, 2.05) is 6.07 Å². The number of nitrogens with zero attached hydrogens (tertiary/aromatic N) is 4. The number of ether oxygens (including phenoxy) is 3. The number of likely N-dealkylation sites (N-methyl/N-ethyl adjacent to an activating group) is 1. The molecule has 1 unspecified atom stereocenters. The van der Waals surface area contributed by atoms with Crippen LogP contribution in [0, 0.1) is 0 Å². The molecule has 1 atom stereocenters. The van der Waals surface area contributed by atoms with Gasteiger partial charge in [0.1, 0.15) is 36.5 Å². The number of alkyl halides is 3. The van der Waals surface area contributed by atoms with E-state index in [1.165, 1.54) is 18.2 Å². The molecule has 0 radical (unpaired) electrons. The molecule has 9 nitrogen and oxygen atoms in total. The van der Waals surface area contributed by atoms with E-state index in [9.17, 15) is 18.3 Å². The monoisotopic (exact) mass is 591 g/mol. The Morgan fingerprint density at radius 3 is 2.51 bits per heavy atom. The molecule has 1 fully saturated rings. The lowest BCUT2D eigenvalue weighted by molar-refractivity contribution is -0.138. The maximum absolute atomic E-state index is 13.4. The van der Waals surface area contributed by atoms with Gasteiger partial charge in [0.25, 0.3) is 0 Å². The van der Waals surface area contributed by atoms with Crippen LogP contribution in [0.4, 0.5) is 13.2 Å². The standard InChI is InChI=1S/C28H32F3N5O4S/c1-34-7-9-35(10-8-34)11-12-39-23-14-21-20(13-22(23)38-2)33-17-36(21)25-15-24(26(41-25)27(32)37)40-16-18-5-3-4-6-19(18)28(29,30)31/h3-6,13-15,17,27,37H,7-12,16,32H2,1-2H3. The van der Waals surface area contributed by atoms with Crippen LogP contribution in [-0.2, 0) is 12.8 Å². The van der Waals surface area contributed by atoms with Crippen molar-refractivity contribution in [2.45, 2.75) is 19.0 Å². The van der Waals surface area contributed by atoms with Crippen LogP contribution < -0.4 is 19.9 Å². The van der Waals surface area contributed by atoms with Gasteiger partial charge in [0.05, 0.1) is 28.6 Å². The average molecular weight is 592 g/mol. The molecule has 0 bridgehead atoms. The molecule has 0 saturated carbocycles. The van der Waals surface area contributed by atoms with Gasteiger partial charge in [0, 0.05) is 56.5 Å². The summed E-state index contributed by atoms with van der Waals surface area (Å²) in [4.78, 5) is 9.42. The quantitative estimate of drug-likeness (QED) is 0.264. The zero-order valence-corrected chi connectivity index (χ0v) is 23.5. The van der Waals surface area contributed by atoms with Crippen LogP contribution >= 0.6 is 11.3 Å². The van der Waals surface area contributed by atoms with E-state index in [4.69, 9.17) is 19.9 Å². The molecule has 1 saturated heterocycles. The zero-order valence-electron chi connectivity index (χ0n) is 22.7. The molecule has 0 aliphatic carbocycles. The number of imidazole rings is 1. The molecule has 41 heavy (non-hydrogen) atoms. The van der Waals surface area contributed by atoms with Crippen molar-refractivity contribution < 1.29 is 32.5 Å². The van der Waals surface area contributed by atoms with Gasteiger partial charge in [-0.3, -0.25) is 9.47 Å². The van der Waals surface area contributed by atoms with Crippen LogP contribution in [-0.4, -0.2) is 77.9 Å². The van der Waals surface area contributed by atoms with Gasteiger partial charge in [-0.2, -0.15) is 13.2 Å². The molecular formula is C28H32F3N5O4S. The molecule has 4 aromatic rings. The SMILES string of the molecule is COc1cc2ncn(-c3cc(OCc4ccccc4C(F)(F)F)c(C(N)O)s3)c2cc1OCCN1CCN(C)CC1. The minimum atomic E-state index is -4.52. The Hall–Kier alpha value is -3.36. The molecule has 2 aromatic carbocycles. The number of aliphatic hydroxyl groups is 1. The number of benzene rings is 2. The first-order chi connectivity index (χ1) is 19.6. The Kier molecular flexibility index (Phi) is 8.71. The van der Waals surface area contributed by atoms with Gasteiger partial charge >= 0.3 is 6.18 Å². The summed E-state index contributed by atoms with van der Waals surface area (Å²) in [5.41, 5.74) is 6.35. The first-order valence-electron chi connectivity index (χ1n) is 13.1. The van der Waals surface area contributed by atoms with Gasteiger partial charge in [-0.15, -0.1) is 11.3 Å². The average Bonchev–Trinajstić information content (AvgIpc) is 3.56. The summed E-state index contributed by atoms with van der Waals surface area (Å²) in [7, 11) is 3.68. The third-order valence-corrected chi connectivity index (χ3v) is 8.20. The number of thiophene rings is 1. The molecule has 3 heterocycles. The Morgan fingerprint density at radius 2 is 1.80 bits per heavy atom. The van der Waals surface area contributed by atoms with E-state index in [1.54, 1.807) is 30.1 Å². The fourth-order valence-electron chi connectivity index (χ4n) is 4.71. The summed E-state index contributed by atoms with van der Waals surface area (Å²) in [5.74, 6) is 1.31. The number of aliphatic hydroxyl groups excluding tert-OH is 1. The van der Waals surface area contributed by atoms with Crippen molar-refractivity contribution in [2.24, 2.45) is 5.73 Å². The fourth-order valence-corrected chi connectivity index (χ4v) is 5.69. The minimum absolute atomic E-state index is 0.0243. The van der Waals surface area contributed by atoms with Crippen LogP contribution in [0.15, 0.2) is 48.8 Å². The third-order valence-electron chi connectivity index (χ3n) is 7.02. The second-order valence-corrected chi connectivity index (χ2v) is 10.9. The molecule has 0 amide bonds. The summed E-state index contributed by atoms with van der Waals surface area (Å²) in [6.07, 6.45) is -4.29. The number of methoxy groups -OCH3 is 1. The van der Waals surface area contributed by atoms with E-state index in [2.05, 4.69) is 21.8 Å². The highest BCUT2D eigenvalue weighted by atomic mass is 32.1. The lowest BCUT2D eigenvalue weighted by Gasteiger charge is -2.32. The lowest BCUT2D eigenvalue weighted by atomic mass is 10.1. The number of rotatable bonds is 10. The van der Waals surface area contributed by atoms with Crippen molar-refractivity contribution in [2.75, 3.05) is 53.5 Å². The van der Waals surface area contributed by atoms with Crippen molar-refractivity contribution >= 4 is 22.4 Å². The number of aromatic nitrogens is 2. The van der Waals surface area contributed by atoms with Gasteiger partial charge in [-0.1, -0.05) is 18.2 Å². The Balaban J connectivity index is 1.38. The number of hydrogen-bond acceptors (Lipinski definition) is 9. The van der Waals surface area contributed by atoms with Gasteiger partial charge < -0.3 is 30.0 Å². The van der Waals surface area contributed by atoms with Crippen LogP contribution in [0.25, 0.3) is 16.0 Å². The van der Waals surface area contributed by atoms with E-state index in [0.717, 1.165) is 50.1 Å². The topological polar surface area (TPSA) is 98.2 Å². The molecule has 1 aliphatic heterocycles. The van der Waals surface area contributed by atoms with Crippen LogP contribution in [0.2, 0.25) is 0 Å². The van der Waals surface area contributed by atoms with E-state index < -0.39 is 18.0 Å². The van der Waals surface area contributed by atoms with Gasteiger partial charge in [0.15, 0.2) is 11.5 Å². The van der Waals surface area contributed by atoms with E-state index >= 15 is 0 Å². The first-order valence-corrected chi connectivity index (χ1v) is 13.9. The van der Waals surface area contributed by atoms with E-state index in [-0.39, 0.29) is 22.8 Å². The predicted molar refractivity (Wildman–Crippen MR) is 150 cm³/mol. The predicted octanol–water partition coefficient (Wildman–Crippen LogP) is 4.27. The molecule has 2 aromatic heterocycles. The van der Waals surface area contributed by atoms with Gasteiger partial charge in [0.2, 0.25) is 0 Å². The van der Waals surface area contributed by atoms with E-state index in [0.29, 0.717) is 34.1 Å². The normalized spacial score (nSPS) is 15.8. The minimum Gasteiger partial charge on any atom is -0.493 e.